The molecule has 0 spiro atoms. The van der Waals surface area contributed by atoms with Crippen molar-refractivity contribution < 1.29 is 18.0 Å². The van der Waals surface area contributed by atoms with Crippen molar-refractivity contribution in [2.75, 3.05) is 26.2 Å². The van der Waals surface area contributed by atoms with E-state index in [0.29, 0.717) is 24.0 Å². The van der Waals surface area contributed by atoms with Gasteiger partial charge in [-0.15, -0.1) is 0 Å². The molecule has 2 aromatic rings. The van der Waals surface area contributed by atoms with Crippen molar-refractivity contribution in [3.63, 3.8) is 0 Å². The first-order valence-corrected chi connectivity index (χ1v) is 10.9. The highest BCUT2D eigenvalue weighted by Gasteiger charge is 2.32. The van der Waals surface area contributed by atoms with Gasteiger partial charge in [-0.2, -0.15) is 0 Å². The van der Waals surface area contributed by atoms with Gasteiger partial charge in [-0.1, -0.05) is 13.0 Å². The van der Waals surface area contributed by atoms with Crippen molar-refractivity contribution in [1.29, 1.82) is 0 Å². The number of furan rings is 1. The number of rotatable bonds is 5. The number of carbonyl (C=O) groups is 1. The Kier molecular flexibility index (Phi) is 6.66. The maximum Gasteiger partial charge on any atom is 0.169 e. The largest absolute Gasteiger partial charge is 0.472 e. The summed E-state index contributed by atoms with van der Waals surface area (Å²) >= 11 is 0. The number of hydrogen-bond acceptors (Lipinski definition) is 4. The standard InChI is InChI=1S/C25H28F2N2O2/c1-17-3-2-4-23(29-10-8-28-9-11-29)24(19-7-12-31-16-19)25(30)22(17)6-5-18-13-20(26)15-21(27)14-18/h2,4,7,12-17,22,28H,3,5-6,8-11H2,1H3/b4-2+,24-23+. The Morgan fingerprint density at radius 3 is 2.58 bits per heavy atom. The quantitative estimate of drug-likeness (QED) is 0.760. The van der Waals surface area contributed by atoms with Gasteiger partial charge < -0.3 is 14.6 Å². The van der Waals surface area contributed by atoms with Crippen LogP contribution in [-0.2, 0) is 11.2 Å². The molecular weight excluding hydrogens is 398 g/mol. The van der Waals surface area contributed by atoms with Crippen molar-refractivity contribution in [3.8, 4) is 0 Å². The lowest BCUT2D eigenvalue weighted by molar-refractivity contribution is -0.119. The molecule has 31 heavy (non-hydrogen) atoms. The van der Waals surface area contributed by atoms with Crippen LogP contribution in [0, 0.1) is 23.5 Å². The van der Waals surface area contributed by atoms with Crippen LogP contribution >= 0.6 is 0 Å². The number of ketones is 1. The zero-order valence-electron chi connectivity index (χ0n) is 17.7. The van der Waals surface area contributed by atoms with Gasteiger partial charge in [0.15, 0.2) is 5.78 Å². The Bertz CT molecular complexity index is 955. The van der Waals surface area contributed by atoms with E-state index in [1.807, 2.05) is 6.07 Å². The number of hydrogen-bond donors (Lipinski definition) is 1. The predicted molar refractivity (Wildman–Crippen MR) is 116 cm³/mol. The Morgan fingerprint density at radius 1 is 1.16 bits per heavy atom. The monoisotopic (exact) mass is 426 g/mol. The molecule has 1 aliphatic heterocycles. The number of halogens is 2. The normalized spacial score (nSPS) is 25.9. The Balaban J connectivity index is 1.67. The van der Waals surface area contributed by atoms with Gasteiger partial charge in [0.25, 0.3) is 0 Å². The number of Topliss-reactive ketones (excluding diaryl/α,β-unsaturated/α-hetero) is 1. The zero-order chi connectivity index (χ0) is 21.8. The number of allylic oxidation sites excluding steroid dienone is 3. The molecule has 1 fully saturated rings. The van der Waals surface area contributed by atoms with Gasteiger partial charge in [0.1, 0.15) is 11.6 Å². The average Bonchev–Trinajstić information content (AvgIpc) is 3.26. The number of aryl methyl sites for hydroxylation is 1. The number of piperazine rings is 1. The topological polar surface area (TPSA) is 45.5 Å². The molecular formula is C25H28F2N2O2. The average molecular weight is 427 g/mol. The Labute approximate surface area is 181 Å². The molecule has 6 heteroatoms. The lowest BCUT2D eigenvalue weighted by atomic mass is 9.78. The Morgan fingerprint density at radius 2 is 1.90 bits per heavy atom. The fourth-order valence-electron chi connectivity index (χ4n) is 4.57. The van der Waals surface area contributed by atoms with Crippen LogP contribution in [0.5, 0.6) is 0 Å². The summed E-state index contributed by atoms with van der Waals surface area (Å²) in [7, 11) is 0. The van der Waals surface area contributed by atoms with E-state index in [-0.39, 0.29) is 17.6 Å². The van der Waals surface area contributed by atoms with Crippen molar-refractivity contribution in [1.82, 2.24) is 10.2 Å². The summed E-state index contributed by atoms with van der Waals surface area (Å²) < 4.78 is 32.6. The smallest absolute Gasteiger partial charge is 0.169 e. The highest BCUT2D eigenvalue weighted by atomic mass is 19.1. The lowest BCUT2D eigenvalue weighted by Crippen LogP contribution is -2.43. The van der Waals surface area contributed by atoms with Gasteiger partial charge in [0.2, 0.25) is 0 Å². The number of nitrogens with one attached hydrogen (secondary N) is 1. The van der Waals surface area contributed by atoms with E-state index in [9.17, 15) is 13.6 Å². The van der Waals surface area contributed by atoms with E-state index >= 15 is 0 Å². The molecule has 1 aromatic heterocycles. The fraction of sp³-hybridized carbons (Fsp3) is 0.400. The van der Waals surface area contributed by atoms with E-state index in [1.165, 1.54) is 12.1 Å². The molecule has 0 saturated carbocycles. The molecule has 164 valence electrons. The molecule has 0 amide bonds. The van der Waals surface area contributed by atoms with Crippen LogP contribution in [0.15, 0.2) is 59.1 Å². The molecule has 0 radical (unpaired) electrons. The third-order valence-corrected chi connectivity index (χ3v) is 6.24. The van der Waals surface area contributed by atoms with E-state index < -0.39 is 11.6 Å². The van der Waals surface area contributed by atoms with Crippen LogP contribution in [0.3, 0.4) is 0 Å². The third-order valence-electron chi connectivity index (χ3n) is 6.24. The third kappa shape index (κ3) is 4.96. The minimum absolute atomic E-state index is 0.0728. The summed E-state index contributed by atoms with van der Waals surface area (Å²) in [6.07, 6.45) is 9.18. The molecule has 4 nitrogen and oxygen atoms in total. The van der Waals surface area contributed by atoms with Crippen molar-refractivity contribution in [3.05, 3.63) is 77.4 Å². The minimum Gasteiger partial charge on any atom is -0.472 e. The first-order chi connectivity index (χ1) is 15.0. The molecule has 2 aliphatic rings. The first-order valence-electron chi connectivity index (χ1n) is 10.9. The summed E-state index contributed by atoms with van der Waals surface area (Å²) in [6.45, 7) is 5.47. The fourth-order valence-corrected chi connectivity index (χ4v) is 4.57. The maximum atomic E-state index is 13.9. The summed E-state index contributed by atoms with van der Waals surface area (Å²) in [6, 6.07) is 5.39. The predicted octanol–water partition coefficient (Wildman–Crippen LogP) is 4.59. The molecule has 2 unspecified atom stereocenters. The first kappa shape index (κ1) is 21.5. The van der Waals surface area contributed by atoms with E-state index in [0.717, 1.165) is 49.9 Å². The molecule has 1 N–H and O–H groups in total. The number of carbonyl (C=O) groups excluding carboxylic acids is 1. The van der Waals surface area contributed by atoms with Gasteiger partial charge in [-0.3, -0.25) is 4.79 Å². The highest BCUT2D eigenvalue weighted by Crippen LogP contribution is 2.35. The SMILES string of the molecule is CC1C/C=C/C(N2CCNCC2)=C(/c2ccoc2)C(=O)C1CCc1cc(F)cc(F)c1. The molecule has 0 bridgehead atoms. The van der Waals surface area contributed by atoms with Crippen molar-refractivity contribution in [2.45, 2.75) is 26.2 Å². The van der Waals surface area contributed by atoms with Crippen LogP contribution in [0.25, 0.3) is 5.57 Å². The highest BCUT2D eigenvalue weighted by molar-refractivity contribution is 6.23. The second-order valence-electron chi connectivity index (χ2n) is 8.41. The van der Waals surface area contributed by atoms with E-state index in [1.54, 1.807) is 12.5 Å². The van der Waals surface area contributed by atoms with Crippen LogP contribution < -0.4 is 5.32 Å². The molecule has 4 rings (SSSR count). The van der Waals surface area contributed by atoms with Gasteiger partial charge in [0, 0.05) is 49.4 Å². The lowest BCUT2D eigenvalue weighted by Gasteiger charge is -2.34. The summed E-state index contributed by atoms with van der Waals surface area (Å²) in [5.74, 6) is -1.23. The summed E-state index contributed by atoms with van der Waals surface area (Å²) in [4.78, 5) is 16.1. The van der Waals surface area contributed by atoms with Crippen LogP contribution in [0.4, 0.5) is 8.78 Å². The van der Waals surface area contributed by atoms with Gasteiger partial charge in [0.05, 0.1) is 18.1 Å². The molecule has 1 aromatic carbocycles. The summed E-state index contributed by atoms with van der Waals surface area (Å²) in [5.41, 5.74) is 2.96. The second-order valence-corrected chi connectivity index (χ2v) is 8.41. The van der Waals surface area contributed by atoms with Gasteiger partial charge in [-0.25, -0.2) is 8.78 Å². The minimum atomic E-state index is -0.588. The van der Waals surface area contributed by atoms with Gasteiger partial charge in [-0.05, 0) is 55.0 Å². The number of benzene rings is 1. The van der Waals surface area contributed by atoms with Crippen LogP contribution in [0.2, 0.25) is 0 Å². The van der Waals surface area contributed by atoms with Crippen LogP contribution in [0.1, 0.15) is 30.9 Å². The second kappa shape index (κ2) is 9.60. The van der Waals surface area contributed by atoms with Gasteiger partial charge >= 0.3 is 0 Å². The van der Waals surface area contributed by atoms with Crippen LogP contribution in [-0.4, -0.2) is 36.9 Å². The molecule has 1 saturated heterocycles. The molecule has 2 heterocycles. The molecule has 2 atom stereocenters. The zero-order valence-corrected chi connectivity index (χ0v) is 17.7. The van der Waals surface area contributed by atoms with Crippen molar-refractivity contribution in [2.24, 2.45) is 11.8 Å². The van der Waals surface area contributed by atoms with E-state index in [4.69, 9.17) is 4.42 Å². The maximum absolute atomic E-state index is 13.9. The Hall–Kier alpha value is -2.73. The summed E-state index contributed by atoms with van der Waals surface area (Å²) in [5, 5.41) is 3.35. The van der Waals surface area contributed by atoms with E-state index in [2.05, 4.69) is 29.3 Å². The molecule has 1 aliphatic carbocycles. The number of nitrogens with zero attached hydrogens (tertiary/aromatic N) is 1. The van der Waals surface area contributed by atoms with Crippen molar-refractivity contribution >= 4 is 11.4 Å².